The summed E-state index contributed by atoms with van der Waals surface area (Å²) in [6.07, 6.45) is 5.74. The van der Waals surface area contributed by atoms with E-state index in [1.54, 1.807) is 11.3 Å². The summed E-state index contributed by atoms with van der Waals surface area (Å²) in [7, 11) is 0. The first-order valence-corrected chi connectivity index (χ1v) is 6.07. The highest BCUT2D eigenvalue weighted by Gasteiger charge is 2.16. The van der Waals surface area contributed by atoms with Crippen LogP contribution in [0.1, 0.15) is 31.2 Å². The van der Waals surface area contributed by atoms with E-state index < -0.39 is 0 Å². The van der Waals surface area contributed by atoms with Crippen LogP contribution in [-0.4, -0.2) is 6.54 Å². The number of nitrogens with one attached hydrogen (secondary N) is 1. The number of thiophene rings is 1. The Balaban J connectivity index is 1.70. The van der Waals surface area contributed by atoms with Crippen molar-refractivity contribution in [3.8, 4) is 0 Å². The molecule has 0 unspecified atom stereocenters. The molecular weight excluding hydrogens is 178 g/mol. The lowest BCUT2D eigenvalue weighted by atomic mass is 9.83. The Morgan fingerprint density at radius 1 is 1.46 bits per heavy atom. The van der Waals surface area contributed by atoms with E-state index in [2.05, 4.69) is 23.0 Å². The third-order valence-corrected chi connectivity index (χ3v) is 3.81. The largest absolute Gasteiger partial charge is 0.384 e. The Labute approximate surface area is 84.2 Å². The molecule has 1 saturated carbocycles. The molecule has 13 heavy (non-hydrogen) atoms. The molecule has 0 amide bonds. The van der Waals surface area contributed by atoms with Crippen LogP contribution in [0.25, 0.3) is 0 Å². The minimum atomic E-state index is 1.02. The van der Waals surface area contributed by atoms with Crippen LogP contribution in [0.5, 0.6) is 0 Å². The van der Waals surface area contributed by atoms with Crippen molar-refractivity contribution in [2.24, 2.45) is 5.92 Å². The second-order valence-corrected chi connectivity index (χ2v) is 4.72. The highest BCUT2D eigenvalue weighted by molar-refractivity contribution is 7.08. The molecule has 1 aromatic heterocycles. The van der Waals surface area contributed by atoms with Gasteiger partial charge in [-0.15, -0.1) is 11.3 Å². The third kappa shape index (κ3) is 2.25. The minimum Gasteiger partial charge on any atom is -0.384 e. The number of hydrogen-bond acceptors (Lipinski definition) is 2. The van der Waals surface area contributed by atoms with Gasteiger partial charge in [0.1, 0.15) is 0 Å². The van der Waals surface area contributed by atoms with E-state index in [4.69, 9.17) is 0 Å². The van der Waals surface area contributed by atoms with Gasteiger partial charge in [0, 0.05) is 17.6 Å². The monoisotopic (exact) mass is 195 g/mol. The molecule has 0 aromatic carbocycles. The van der Waals surface area contributed by atoms with Crippen molar-refractivity contribution in [3.05, 3.63) is 16.3 Å². The Morgan fingerprint density at radius 2 is 2.31 bits per heavy atom. The fourth-order valence-corrected chi connectivity index (χ4v) is 2.54. The van der Waals surface area contributed by atoms with Crippen molar-refractivity contribution in [1.82, 2.24) is 0 Å². The van der Waals surface area contributed by atoms with Crippen molar-refractivity contribution in [2.45, 2.75) is 32.6 Å². The van der Waals surface area contributed by atoms with Gasteiger partial charge in [0.15, 0.2) is 0 Å². The molecule has 0 saturated heterocycles. The molecule has 1 heterocycles. The lowest BCUT2D eigenvalue weighted by molar-refractivity contribution is 0.303. The number of rotatable bonds is 4. The summed E-state index contributed by atoms with van der Waals surface area (Å²) < 4.78 is 0. The molecule has 0 aliphatic heterocycles. The Bertz CT molecular complexity index is 263. The van der Waals surface area contributed by atoms with E-state index in [0.717, 1.165) is 12.5 Å². The fourth-order valence-electron chi connectivity index (χ4n) is 1.73. The van der Waals surface area contributed by atoms with Gasteiger partial charge in [-0.3, -0.25) is 0 Å². The van der Waals surface area contributed by atoms with Crippen molar-refractivity contribution in [1.29, 1.82) is 0 Å². The van der Waals surface area contributed by atoms with Crippen molar-refractivity contribution in [2.75, 3.05) is 11.9 Å². The van der Waals surface area contributed by atoms with Crippen LogP contribution in [0.2, 0.25) is 0 Å². The summed E-state index contributed by atoms with van der Waals surface area (Å²) in [4.78, 5) is 0. The number of aryl methyl sites for hydroxylation is 1. The highest BCUT2D eigenvalue weighted by atomic mass is 32.1. The third-order valence-electron chi connectivity index (χ3n) is 2.95. The molecule has 1 fully saturated rings. The van der Waals surface area contributed by atoms with E-state index in [1.807, 2.05) is 0 Å². The maximum absolute atomic E-state index is 3.50. The molecule has 0 bridgehead atoms. The van der Waals surface area contributed by atoms with Crippen LogP contribution in [0.3, 0.4) is 0 Å². The first-order chi connectivity index (χ1) is 6.36. The quantitative estimate of drug-likeness (QED) is 0.773. The highest BCUT2D eigenvalue weighted by Crippen LogP contribution is 2.29. The van der Waals surface area contributed by atoms with Gasteiger partial charge in [-0.2, -0.15) is 0 Å². The predicted molar refractivity (Wildman–Crippen MR) is 59.5 cm³/mol. The lowest BCUT2D eigenvalue weighted by Gasteiger charge is -2.25. The summed E-state index contributed by atoms with van der Waals surface area (Å²) >= 11 is 1.78. The smallest absolute Gasteiger partial charge is 0.0478 e. The van der Waals surface area contributed by atoms with Crippen LogP contribution in [0.4, 0.5) is 5.69 Å². The maximum Gasteiger partial charge on any atom is 0.0478 e. The second-order valence-electron chi connectivity index (χ2n) is 3.98. The summed E-state index contributed by atoms with van der Waals surface area (Å²) in [5.41, 5.74) is 2.72. The van der Waals surface area contributed by atoms with Gasteiger partial charge >= 0.3 is 0 Å². The predicted octanol–water partition coefficient (Wildman–Crippen LogP) is 3.66. The maximum atomic E-state index is 3.50. The molecular formula is C11H17NS. The van der Waals surface area contributed by atoms with Crippen molar-refractivity contribution < 1.29 is 0 Å². The van der Waals surface area contributed by atoms with Gasteiger partial charge < -0.3 is 5.32 Å². The fraction of sp³-hybridized carbons (Fsp3) is 0.636. The van der Waals surface area contributed by atoms with E-state index in [0.29, 0.717) is 0 Å². The molecule has 1 N–H and O–H groups in total. The summed E-state index contributed by atoms with van der Waals surface area (Å²) in [5.74, 6) is 1.02. The van der Waals surface area contributed by atoms with E-state index in [-0.39, 0.29) is 0 Å². The SMILES string of the molecule is Cc1cscc1NCCC1CCC1. The van der Waals surface area contributed by atoms with Gasteiger partial charge in [0.2, 0.25) is 0 Å². The van der Waals surface area contributed by atoms with Crippen LogP contribution in [0, 0.1) is 12.8 Å². The number of anilines is 1. The standard InChI is InChI=1S/C11H17NS/c1-9-7-13-8-11(9)12-6-5-10-3-2-4-10/h7-8,10,12H,2-6H2,1H3. The van der Waals surface area contributed by atoms with Gasteiger partial charge in [-0.1, -0.05) is 19.3 Å². The van der Waals surface area contributed by atoms with Crippen LogP contribution < -0.4 is 5.32 Å². The minimum absolute atomic E-state index is 1.02. The zero-order valence-electron chi connectivity index (χ0n) is 8.18. The zero-order valence-corrected chi connectivity index (χ0v) is 8.99. The molecule has 2 heteroatoms. The molecule has 2 rings (SSSR count). The topological polar surface area (TPSA) is 12.0 Å². The summed E-state index contributed by atoms with van der Waals surface area (Å²) in [5, 5.41) is 7.91. The van der Waals surface area contributed by atoms with Crippen molar-refractivity contribution >= 4 is 17.0 Å². The van der Waals surface area contributed by atoms with Gasteiger partial charge in [-0.25, -0.2) is 0 Å². The van der Waals surface area contributed by atoms with Gasteiger partial charge in [-0.05, 0) is 30.2 Å². The van der Waals surface area contributed by atoms with Crippen LogP contribution in [-0.2, 0) is 0 Å². The first kappa shape index (κ1) is 9.07. The lowest BCUT2D eigenvalue weighted by Crippen LogP contribution is -2.15. The molecule has 1 aromatic rings. The molecule has 1 aliphatic rings. The van der Waals surface area contributed by atoms with Crippen molar-refractivity contribution in [3.63, 3.8) is 0 Å². The van der Waals surface area contributed by atoms with E-state index in [9.17, 15) is 0 Å². The molecule has 1 aliphatic carbocycles. The van der Waals surface area contributed by atoms with Gasteiger partial charge in [0.05, 0.1) is 0 Å². The Kier molecular flexibility index (Phi) is 2.89. The van der Waals surface area contributed by atoms with Gasteiger partial charge in [0.25, 0.3) is 0 Å². The summed E-state index contributed by atoms with van der Waals surface area (Å²) in [6, 6.07) is 0. The zero-order chi connectivity index (χ0) is 9.10. The van der Waals surface area contributed by atoms with Crippen LogP contribution in [0.15, 0.2) is 10.8 Å². The second kappa shape index (κ2) is 4.14. The van der Waals surface area contributed by atoms with Crippen LogP contribution >= 0.6 is 11.3 Å². The first-order valence-electron chi connectivity index (χ1n) is 5.13. The molecule has 1 nitrogen and oxygen atoms in total. The molecule has 0 spiro atoms. The molecule has 72 valence electrons. The molecule has 0 atom stereocenters. The normalized spacial score (nSPS) is 17.0. The molecule has 0 radical (unpaired) electrons. The number of hydrogen-bond donors (Lipinski definition) is 1. The average molecular weight is 195 g/mol. The van der Waals surface area contributed by atoms with E-state index in [1.165, 1.54) is 36.9 Å². The average Bonchev–Trinajstić information content (AvgIpc) is 2.42. The summed E-state index contributed by atoms with van der Waals surface area (Å²) in [6.45, 7) is 3.32. The van der Waals surface area contributed by atoms with E-state index >= 15 is 0 Å². The Hall–Kier alpha value is -0.500. The Morgan fingerprint density at radius 3 is 2.85 bits per heavy atom.